The van der Waals surface area contributed by atoms with E-state index < -0.39 is 11.4 Å². The van der Waals surface area contributed by atoms with Gasteiger partial charge in [0.1, 0.15) is 5.75 Å². The van der Waals surface area contributed by atoms with Gasteiger partial charge in [0.2, 0.25) is 0 Å². The molecule has 1 aliphatic rings. The number of aromatic nitrogens is 1. The molecule has 0 amide bonds. The second kappa shape index (κ2) is 5.44. The van der Waals surface area contributed by atoms with Gasteiger partial charge in [-0.1, -0.05) is 30.3 Å². The predicted molar refractivity (Wildman–Crippen MR) is 83.1 cm³/mol. The van der Waals surface area contributed by atoms with Crippen LogP contribution in [0.5, 0.6) is 5.75 Å². The molecular weight excluding hydrogens is 278 g/mol. The zero-order chi connectivity index (χ0) is 15.7. The quantitative estimate of drug-likeness (QED) is 0.921. The first kappa shape index (κ1) is 14.6. The lowest BCUT2D eigenvalue weighted by atomic mass is 9.94. The summed E-state index contributed by atoms with van der Waals surface area (Å²) in [6.07, 6.45) is 0.616. The predicted octanol–water partition coefficient (Wildman–Crippen LogP) is 3.12. The molecule has 4 nitrogen and oxygen atoms in total. The van der Waals surface area contributed by atoms with Crippen LogP contribution in [0.1, 0.15) is 23.4 Å². The number of aryl methyl sites for hydroxylation is 2. The van der Waals surface area contributed by atoms with Crippen molar-refractivity contribution in [3.05, 3.63) is 59.4 Å². The average Bonchev–Trinajstić information content (AvgIpc) is 3.24. The van der Waals surface area contributed by atoms with Crippen LogP contribution in [0.2, 0.25) is 0 Å². The van der Waals surface area contributed by atoms with Gasteiger partial charge in [0.05, 0.1) is 18.2 Å². The molecular formula is C18H19NO3. The lowest BCUT2D eigenvalue weighted by Gasteiger charge is -2.19. The summed E-state index contributed by atoms with van der Waals surface area (Å²) in [7, 11) is 0. The molecule has 2 unspecified atom stereocenters. The maximum absolute atomic E-state index is 11.4. The van der Waals surface area contributed by atoms with Gasteiger partial charge in [-0.3, -0.25) is 9.78 Å². The number of benzene rings is 1. The van der Waals surface area contributed by atoms with Crippen LogP contribution in [0.4, 0.5) is 0 Å². The number of carbonyl (C=O) groups is 1. The molecule has 0 radical (unpaired) electrons. The molecule has 2 aromatic rings. The van der Waals surface area contributed by atoms with Crippen molar-refractivity contribution in [3.8, 4) is 5.75 Å². The van der Waals surface area contributed by atoms with Gasteiger partial charge >= 0.3 is 5.97 Å². The fourth-order valence-electron chi connectivity index (χ4n) is 2.99. The Balaban J connectivity index is 1.82. The van der Waals surface area contributed by atoms with E-state index in [0.29, 0.717) is 13.0 Å². The van der Waals surface area contributed by atoms with Crippen LogP contribution in [-0.2, 0) is 10.2 Å². The molecule has 0 spiro atoms. The van der Waals surface area contributed by atoms with Crippen molar-refractivity contribution in [2.45, 2.75) is 25.7 Å². The minimum absolute atomic E-state index is 0.361. The van der Waals surface area contributed by atoms with Crippen molar-refractivity contribution in [2.24, 2.45) is 5.92 Å². The van der Waals surface area contributed by atoms with Gasteiger partial charge in [0.25, 0.3) is 0 Å². The van der Waals surface area contributed by atoms with Crippen LogP contribution in [0.15, 0.2) is 42.5 Å². The summed E-state index contributed by atoms with van der Waals surface area (Å²) in [6, 6.07) is 13.6. The Kier molecular flexibility index (Phi) is 3.61. The highest BCUT2D eigenvalue weighted by Gasteiger charge is 2.60. The summed E-state index contributed by atoms with van der Waals surface area (Å²) in [5.41, 5.74) is 2.37. The fourth-order valence-corrected chi connectivity index (χ4v) is 2.99. The minimum Gasteiger partial charge on any atom is -0.491 e. The number of hydrogen-bond donors (Lipinski definition) is 1. The van der Waals surface area contributed by atoms with Crippen LogP contribution in [0.25, 0.3) is 0 Å². The molecule has 1 aliphatic carbocycles. The van der Waals surface area contributed by atoms with Gasteiger partial charge in [-0.2, -0.15) is 0 Å². The number of carboxylic acids is 1. The number of ether oxygens (including phenoxy) is 1. The summed E-state index contributed by atoms with van der Waals surface area (Å²) in [5.74, 6) is -0.420. The molecule has 1 N–H and O–H groups in total. The third-order valence-corrected chi connectivity index (χ3v) is 4.38. The molecule has 3 rings (SSSR count). The van der Waals surface area contributed by atoms with Gasteiger partial charge in [0.15, 0.2) is 0 Å². The van der Waals surface area contributed by atoms with Crippen LogP contribution in [0, 0.1) is 19.8 Å². The van der Waals surface area contributed by atoms with E-state index in [9.17, 15) is 9.90 Å². The van der Waals surface area contributed by atoms with Crippen molar-refractivity contribution < 1.29 is 14.6 Å². The lowest BCUT2D eigenvalue weighted by Crippen LogP contribution is -2.23. The minimum atomic E-state index is -0.758. The summed E-state index contributed by atoms with van der Waals surface area (Å²) < 4.78 is 5.93. The summed E-state index contributed by atoms with van der Waals surface area (Å²) >= 11 is 0. The van der Waals surface area contributed by atoms with Gasteiger partial charge < -0.3 is 9.84 Å². The Morgan fingerprint density at radius 1 is 1.27 bits per heavy atom. The smallest absolute Gasteiger partial charge is 0.307 e. The monoisotopic (exact) mass is 297 g/mol. The zero-order valence-electron chi connectivity index (χ0n) is 12.7. The van der Waals surface area contributed by atoms with E-state index in [1.54, 1.807) is 0 Å². The Bertz CT molecular complexity index is 699. The number of carboxylic acid groups (broad SMARTS) is 1. The third kappa shape index (κ3) is 2.56. The van der Waals surface area contributed by atoms with Crippen LogP contribution in [-0.4, -0.2) is 22.7 Å². The molecule has 4 heteroatoms. The van der Waals surface area contributed by atoms with Crippen molar-refractivity contribution in [1.29, 1.82) is 0 Å². The maximum Gasteiger partial charge on any atom is 0.307 e. The molecule has 1 heterocycles. The molecule has 1 saturated carbocycles. The van der Waals surface area contributed by atoms with E-state index in [4.69, 9.17) is 4.74 Å². The third-order valence-electron chi connectivity index (χ3n) is 4.38. The highest BCUT2D eigenvalue weighted by molar-refractivity contribution is 5.77. The lowest BCUT2D eigenvalue weighted by molar-refractivity contribution is -0.139. The van der Waals surface area contributed by atoms with Crippen molar-refractivity contribution in [2.75, 3.05) is 6.61 Å². The second-order valence-electron chi connectivity index (χ2n) is 5.94. The van der Waals surface area contributed by atoms with Gasteiger partial charge in [-0.25, -0.2) is 0 Å². The maximum atomic E-state index is 11.4. The molecule has 22 heavy (non-hydrogen) atoms. The Morgan fingerprint density at radius 2 is 2.00 bits per heavy atom. The highest BCUT2D eigenvalue weighted by atomic mass is 16.5. The van der Waals surface area contributed by atoms with E-state index in [1.165, 1.54) is 0 Å². The highest BCUT2D eigenvalue weighted by Crippen LogP contribution is 2.54. The molecule has 114 valence electrons. The van der Waals surface area contributed by atoms with E-state index in [0.717, 1.165) is 22.7 Å². The number of nitrogens with zero attached hydrogens (tertiary/aromatic N) is 1. The van der Waals surface area contributed by atoms with Crippen LogP contribution < -0.4 is 4.74 Å². The number of pyridine rings is 1. The van der Waals surface area contributed by atoms with E-state index >= 15 is 0 Å². The largest absolute Gasteiger partial charge is 0.491 e. The topological polar surface area (TPSA) is 59.4 Å². The van der Waals surface area contributed by atoms with E-state index in [-0.39, 0.29) is 5.92 Å². The van der Waals surface area contributed by atoms with E-state index in [1.807, 2.05) is 56.3 Å². The Hall–Kier alpha value is -2.36. The van der Waals surface area contributed by atoms with Gasteiger partial charge in [-0.15, -0.1) is 0 Å². The molecule has 1 fully saturated rings. The molecule has 1 aromatic carbocycles. The standard InChI is InChI=1S/C18H19NO3/c1-12-8-9-16(13(2)19-12)22-11-18(10-15(18)17(20)21)14-6-4-3-5-7-14/h3-9,15H,10-11H2,1-2H3,(H,20,21). The molecule has 0 aliphatic heterocycles. The van der Waals surface area contributed by atoms with Crippen molar-refractivity contribution in [3.63, 3.8) is 0 Å². The fraction of sp³-hybridized carbons (Fsp3) is 0.333. The molecule has 1 aromatic heterocycles. The number of aliphatic carboxylic acids is 1. The molecule has 2 atom stereocenters. The van der Waals surface area contributed by atoms with Gasteiger partial charge in [0, 0.05) is 11.1 Å². The summed E-state index contributed by atoms with van der Waals surface area (Å²) in [5, 5.41) is 9.37. The van der Waals surface area contributed by atoms with Crippen molar-refractivity contribution in [1.82, 2.24) is 4.98 Å². The van der Waals surface area contributed by atoms with Crippen LogP contribution >= 0.6 is 0 Å². The first-order chi connectivity index (χ1) is 10.5. The van der Waals surface area contributed by atoms with Gasteiger partial charge in [-0.05, 0) is 38.0 Å². The molecule has 0 bridgehead atoms. The first-order valence-electron chi connectivity index (χ1n) is 7.38. The first-order valence-corrected chi connectivity index (χ1v) is 7.38. The number of hydrogen-bond acceptors (Lipinski definition) is 3. The van der Waals surface area contributed by atoms with Crippen molar-refractivity contribution >= 4 is 5.97 Å². The van der Waals surface area contributed by atoms with Crippen LogP contribution in [0.3, 0.4) is 0 Å². The Labute approximate surface area is 129 Å². The molecule has 0 saturated heterocycles. The number of rotatable bonds is 5. The zero-order valence-corrected chi connectivity index (χ0v) is 12.7. The SMILES string of the molecule is Cc1ccc(OCC2(c3ccccc3)CC2C(=O)O)c(C)n1. The Morgan fingerprint density at radius 3 is 2.59 bits per heavy atom. The second-order valence-corrected chi connectivity index (χ2v) is 5.94. The van der Waals surface area contributed by atoms with E-state index in [2.05, 4.69) is 4.98 Å². The normalized spacial score (nSPS) is 23.1. The average molecular weight is 297 g/mol. The summed E-state index contributed by atoms with van der Waals surface area (Å²) in [6.45, 7) is 4.20. The summed E-state index contributed by atoms with van der Waals surface area (Å²) in [4.78, 5) is 15.8.